The average molecular weight is 236 g/mol. The van der Waals surface area contributed by atoms with Crippen LogP contribution in [-0.4, -0.2) is 25.6 Å². The maximum atomic E-state index is 12.1. The van der Waals surface area contributed by atoms with Gasteiger partial charge in [-0.2, -0.15) is 0 Å². The van der Waals surface area contributed by atoms with E-state index in [4.69, 9.17) is 9.47 Å². The first-order chi connectivity index (χ1) is 8.05. The summed E-state index contributed by atoms with van der Waals surface area (Å²) >= 11 is 0. The van der Waals surface area contributed by atoms with E-state index >= 15 is 0 Å². The third kappa shape index (κ3) is 3.30. The van der Waals surface area contributed by atoms with E-state index in [2.05, 4.69) is 0 Å². The molecule has 3 nitrogen and oxygen atoms in total. The van der Waals surface area contributed by atoms with Crippen LogP contribution in [-0.2, 0) is 16.0 Å². The second kappa shape index (κ2) is 5.82. The van der Waals surface area contributed by atoms with Crippen molar-refractivity contribution in [1.29, 1.82) is 0 Å². The van der Waals surface area contributed by atoms with Gasteiger partial charge in [-0.1, -0.05) is 19.1 Å². The van der Waals surface area contributed by atoms with Crippen LogP contribution in [0.4, 0.5) is 0 Å². The number of hydrogen-bond donors (Lipinski definition) is 0. The summed E-state index contributed by atoms with van der Waals surface area (Å²) in [6.07, 6.45) is 1.04. The van der Waals surface area contributed by atoms with Crippen molar-refractivity contribution in [2.24, 2.45) is 0 Å². The fourth-order valence-electron chi connectivity index (χ4n) is 1.61. The second-order valence-electron chi connectivity index (χ2n) is 4.24. The number of benzene rings is 1. The molecule has 17 heavy (non-hydrogen) atoms. The van der Waals surface area contributed by atoms with Gasteiger partial charge in [0.05, 0.1) is 7.11 Å². The van der Waals surface area contributed by atoms with Gasteiger partial charge in [-0.25, -0.2) is 0 Å². The molecule has 3 heteroatoms. The second-order valence-corrected chi connectivity index (χ2v) is 4.24. The smallest absolute Gasteiger partial charge is 0.168 e. The van der Waals surface area contributed by atoms with E-state index in [0.29, 0.717) is 12.8 Å². The van der Waals surface area contributed by atoms with Crippen molar-refractivity contribution in [1.82, 2.24) is 0 Å². The van der Waals surface area contributed by atoms with Gasteiger partial charge in [-0.3, -0.25) is 4.79 Å². The number of ether oxygens (including phenoxy) is 2. The van der Waals surface area contributed by atoms with Gasteiger partial charge < -0.3 is 9.47 Å². The predicted octanol–water partition coefficient (Wildman–Crippen LogP) is 2.62. The lowest BCUT2D eigenvalue weighted by Crippen LogP contribution is -2.37. The van der Waals surface area contributed by atoms with Crippen molar-refractivity contribution in [2.75, 3.05) is 14.2 Å². The highest BCUT2D eigenvalue weighted by molar-refractivity contribution is 5.88. The SMILES string of the molecule is CCC(C)(OC)C(=O)Cc1cccc(OC)c1. The van der Waals surface area contributed by atoms with E-state index in [1.807, 2.05) is 38.1 Å². The summed E-state index contributed by atoms with van der Waals surface area (Å²) in [4.78, 5) is 12.1. The molecule has 0 saturated carbocycles. The Hall–Kier alpha value is -1.35. The van der Waals surface area contributed by atoms with E-state index in [-0.39, 0.29) is 5.78 Å². The van der Waals surface area contributed by atoms with Gasteiger partial charge in [-0.05, 0) is 31.0 Å². The zero-order valence-electron chi connectivity index (χ0n) is 10.9. The molecular formula is C14H20O3. The fraction of sp³-hybridized carbons (Fsp3) is 0.500. The first-order valence-corrected chi connectivity index (χ1v) is 5.77. The molecule has 0 N–H and O–H groups in total. The number of ketones is 1. The molecule has 0 bridgehead atoms. The van der Waals surface area contributed by atoms with Crippen LogP contribution in [0.15, 0.2) is 24.3 Å². The largest absolute Gasteiger partial charge is 0.497 e. The lowest BCUT2D eigenvalue weighted by molar-refractivity contribution is -0.138. The quantitative estimate of drug-likeness (QED) is 0.761. The van der Waals surface area contributed by atoms with Crippen LogP contribution in [0, 0.1) is 0 Å². The van der Waals surface area contributed by atoms with Crippen molar-refractivity contribution in [3.63, 3.8) is 0 Å². The highest BCUT2D eigenvalue weighted by Gasteiger charge is 2.30. The van der Waals surface area contributed by atoms with E-state index in [1.165, 1.54) is 0 Å². The molecule has 1 unspecified atom stereocenters. The Morgan fingerprint density at radius 3 is 2.59 bits per heavy atom. The number of rotatable bonds is 6. The van der Waals surface area contributed by atoms with Crippen molar-refractivity contribution < 1.29 is 14.3 Å². The predicted molar refractivity (Wildman–Crippen MR) is 67.4 cm³/mol. The minimum atomic E-state index is -0.691. The molecule has 0 aromatic heterocycles. The maximum Gasteiger partial charge on any atom is 0.168 e. The van der Waals surface area contributed by atoms with E-state index in [9.17, 15) is 4.79 Å². The van der Waals surface area contributed by atoms with Gasteiger partial charge >= 0.3 is 0 Å². The fourth-order valence-corrected chi connectivity index (χ4v) is 1.61. The monoisotopic (exact) mass is 236 g/mol. The summed E-state index contributed by atoms with van der Waals surface area (Å²) in [5.74, 6) is 0.863. The zero-order chi connectivity index (χ0) is 12.9. The third-order valence-corrected chi connectivity index (χ3v) is 3.21. The summed E-state index contributed by atoms with van der Waals surface area (Å²) in [6.45, 7) is 3.78. The van der Waals surface area contributed by atoms with Crippen LogP contribution in [0.2, 0.25) is 0 Å². The van der Waals surface area contributed by atoms with Crippen LogP contribution in [0.1, 0.15) is 25.8 Å². The lowest BCUT2D eigenvalue weighted by atomic mass is 9.92. The Bertz CT molecular complexity index is 381. The van der Waals surface area contributed by atoms with Crippen LogP contribution >= 0.6 is 0 Å². The molecule has 0 radical (unpaired) electrons. The number of hydrogen-bond acceptors (Lipinski definition) is 3. The Morgan fingerprint density at radius 2 is 2.06 bits per heavy atom. The molecule has 0 saturated heterocycles. The minimum absolute atomic E-state index is 0.0933. The Morgan fingerprint density at radius 1 is 1.35 bits per heavy atom. The number of Topliss-reactive ketones (excluding diaryl/α,β-unsaturated/α-hetero) is 1. The summed E-state index contributed by atoms with van der Waals surface area (Å²) in [5, 5.41) is 0. The molecule has 0 amide bonds. The van der Waals surface area contributed by atoms with E-state index in [0.717, 1.165) is 11.3 Å². The van der Waals surface area contributed by atoms with Crippen molar-refractivity contribution in [3.8, 4) is 5.75 Å². The molecule has 0 spiro atoms. The van der Waals surface area contributed by atoms with Crippen LogP contribution in [0.5, 0.6) is 5.75 Å². The lowest BCUT2D eigenvalue weighted by Gasteiger charge is -2.24. The van der Waals surface area contributed by atoms with Crippen molar-refractivity contribution in [3.05, 3.63) is 29.8 Å². The highest BCUT2D eigenvalue weighted by Crippen LogP contribution is 2.20. The topological polar surface area (TPSA) is 35.5 Å². The molecule has 0 aliphatic carbocycles. The zero-order valence-corrected chi connectivity index (χ0v) is 10.9. The molecule has 1 aromatic rings. The normalized spacial score (nSPS) is 14.1. The van der Waals surface area contributed by atoms with Crippen molar-refractivity contribution in [2.45, 2.75) is 32.3 Å². The number of methoxy groups -OCH3 is 2. The van der Waals surface area contributed by atoms with Crippen molar-refractivity contribution >= 4 is 5.78 Å². The number of carbonyl (C=O) groups is 1. The summed E-state index contributed by atoms with van der Waals surface area (Å²) in [6, 6.07) is 7.55. The Balaban J connectivity index is 2.80. The summed E-state index contributed by atoms with van der Waals surface area (Å²) in [7, 11) is 3.19. The van der Waals surface area contributed by atoms with Crippen LogP contribution in [0.3, 0.4) is 0 Å². The maximum absolute atomic E-state index is 12.1. The first kappa shape index (κ1) is 13.7. The molecule has 94 valence electrons. The highest BCUT2D eigenvalue weighted by atomic mass is 16.5. The summed E-state index contributed by atoms with van der Waals surface area (Å²) < 4.78 is 10.4. The molecule has 0 aliphatic heterocycles. The van der Waals surface area contributed by atoms with E-state index in [1.54, 1.807) is 14.2 Å². The molecule has 0 aliphatic rings. The van der Waals surface area contributed by atoms with Gasteiger partial charge in [0.25, 0.3) is 0 Å². The Kier molecular flexibility index (Phi) is 4.70. The molecule has 1 rings (SSSR count). The molecule has 0 heterocycles. The Labute approximate surface area is 103 Å². The average Bonchev–Trinajstić information content (AvgIpc) is 2.37. The standard InChI is InChI=1S/C14H20O3/c1-5-14(2,17-4)13(15)10-11-7-6-8-12(9-11)16-3/h6-9H,5,10H2,1-4H3. The molecule has 1 atom stereocenters. The van der Waals surface area contributed by atoms with Gasteiger partial charge in [-0.15, -0.1) is 0 Å². The van der Waals surface area contributed by atoms with Gasteiger partial charge in [0.15, 0.2) is 5.78 Å². The van der Waals surface area contributed by atoms with Gasteiger partial charge in [0.1, 0.15) is 11.4 Å². The number of carbonyl (C=O) groups excluding carboxylic acids is 1. The van der Waals surface area contributed by atoms with E-state index < -0.39 is 5.60 Å². The third-order valence-electron chi connectivity index (χ3n) is 3.21. The first-order valence-electron chi connectivity index (χ1n) is 5.77. The van der Waals surface area contributed by atoms with Gasteiger partial charge in [0.2, 0.25) is 0 Å². The minimum Gasteiger partial charge on any atom is -0.497 e. The molecular weight excluding hydrogens is 216 g/mol. The van der Waals surface area contributed by atoms with Crippen LogP contribution in [0.25, 0.3) is 0 Å². The molecule has 0 fully saturated rings. The summed E-state index contributed by atoms with van der Waals surface area (Å²) in [5.41, 5.74) is 0.259. The van der Waals surface area contributed by atoms with Crippen LogP contribution < -0.4 is 4.74 Å². The molecule has 1 aromatic carbocycles. The van der Waals surface area contributed by atoms with Gasteiger partial charge in [0, 0.05) is 13.5 Å².